The number of pyridine rings is 1. The van der Waals surface area contributed by atoms with Crippen LogP contribution in [0, 0.1) is 10.1 Å². The summed E-state index contributed by atoms with van der Waals surface area (Å²) >= 11 is 0. The number of carbonyl (C=O) groups excluding carboxylic acids is 1. The quantitative estimate of drug-likeness (QED) is 0.491. The third-order valence-corrected chi connectivity index (χ3v) is 2.02. The van der Waals surface area contributed by atoms with Gasteiger partial charge in [-0.3, -0.25) is 14.9 Å². The van der Waals surface area contributed by atoms with Gasteiger partial charge in [-0.15, -0.1) is 0 Å². The van der Waals surface area contributed by atoms with Crippen LogP contribution in [0.3, 0.4) is 0 Å². The maximum Gasteiger partial charge on any atom is 0.342 e. The molecule has 1 heterocycles. The maximum atomic E-state index is 11.0. The van der Waals surface area contributed by atoms with Gasteiger partial charge in [-0.25, -0.2) is 9.78 Å². The van der Waals surface area contributed by atoms with Gasteiger partial charge in [0, 0.05) is 13.1 Å². The van der Waals surface area contributed by atoms with Crippen molar-refractivity contribution in [1.29, 1.82) is 0 Å². The van der Waals surface area contributed by atoms with Gasteiger partial charge in [0.05, 0.1) is 11.5 Å². The zero-order chi connectivity index (χ0) is 13.7. The zero-order valence-corrected chi connectivity index (χ0v) is 9.34. The van der Waals surface area contributed by atoms with Gasteiger partial charge in [0.1, 0.15) is 17.6 Å². The molecule has 0 fully saturated rings. The molecule has 0 saturated heterocycles. The van der Waals surface area contributed by atoms with Crippen molar-refractivity contribution in [3.05, 3.63) is 27.9 Å². The fraction of sp³-hybridized carbons (Fsp3) is 0.222. The summed E-state index contributed by atoms with van der Waals surface area (Å²) in [6.07, 6.45) is 0.829. The van der Waals surface area contributed by atoms with Gasteiger partial charge < -0.3 is 15.7 Å². The molecule has 3 N–H and O–H groups in total. The van der Waals surface area contributed by atoms with Crippen LogP contribution in [0.25, 0.3) is 0 Å². The third-order valence-electron chi connectivity index (χ3n) is 2.02. The Hall–Kier alpha value is -2.71. The van der Waals surface area contributed by atoms with Crippen molar-refractivity contribution in [1.82, 2.24) is 10.3 Å². The molecule has 0 aromatic carbocycles. The minimum Gasteiger partial charge on any atom is -0.477 e. The summed E-state index contributed by atoms with van der Waals surface area (Å²) in [6.45, 7) is -0.111. The summed E-state index contributed by atoms with van der Waals surface area (Å²) in [5.41, 5.74) is -1.10. The molecule has 0 aliphatic carbocycles. The van der Waals surface area contributed by atoms with Gasteiger partial charge >= 0.3 is 11.7 Å². The number of nitrogens with one attached hydrogen (secondary N) is 2. The van der Waals surface area contributed by atoms with Crippen molar-refractivity contribution in [2.45, 2.75) is 0 Å². The van der Waals surface area contributed by atoms with E-state index in [0.29, 0.717) is 0 Å². The highest BCUT2D eigenvalue weighted by Crippen LogP contribution is 2.19. The number of aromatic carboxylic acids is 1. The lowest BCUT2D eigenvalue weighted by Gasteiger charge is -2.05. The molecule has 1 rings (SSSR count). The minimum absolute atomic E-state index is 0.0709. The summed E-state index contributed by atoms with van der Waals surface area (Å²) in [5, 5.41) is 24.3. The van der Waals surface area contributed by atoms with E-state index in [-0.39, 0.29) is 18.3 Å². The normalized spacial score (nSPS) is 9.61. The molecule has 18 heavy (non-hydrogen) atoms. The van der Waals surface area contributed by atoms with Crippen LogP contribution >= 0.6 is 0 Å². The standard InChI is InChI=1S/C9H10N4O5/c1-10-8(14)4-12-7-2-5(9(15)16)6(3-11-7)13(17)18/h2-3H,4H2,1H3,(H,10,14)(H,11,12)(H,15,16). The lowest BCUT2D eigenvalue weighted by molar-refractivity contribution is -0.385. The van der Waals surface area contributed by atoms with Crippen LogP contribution in [-0.4, -0.2) is 40.5 Å². The molecular formula is C9H10N4O5. The second kappa shape index (κ2) is 5.57. The number of nitro groups is 1. The van der Waals surface area contributed by atoms with E-state index in [1.165, 1.54) is 7.05 Å². The van der Waals surface area contributed by atoms with E-state index in [1.54, 1.807) is 0 Å². The Kier molecular flexibility index (Phi) is 4.13. The number of anilines is 1. The Labute approximate surface area is 101 Å². The van der Waals surface area contributed by atoms with E-state index in [1.807, 2.05) is 0 Å². The highest BCUT2D eigenvalue weighted by molar-refractivity contribution is 5.93. The zero-order valence-electron chi connectivity index (χ0n) is 9.34. The average Bonchev–Trinajstić information content (AvgIpc) is 2.35. The molecule has 0 spiro atoms. The van der Waals surface area contributed by atoms with Gasteiger partial charge in [0.2, 0.25) is 5.91 Å². The van der Waals surface area contributed by atoms with Crippen LogP contribution in [0.4, 0.5) is 11.5 Å². The van der Waals surface area contributed by atoms with Gasteiger partial charge in [-0.05, 0) is 0 Å². The van der Waals surface area contributed by atoms with Crippen molar-refractivity contribution in [2.75, 3.05) is 18.9 Å². The van der Waals surface area contributed by atoms with E-state index < -0.39 is 22.1 Å². The monoisotopic (exact) mass is 254 g/mol. The predicted molar refractivity (Wildman–Crippen MR) is 60.4 cm³/mol. The van der Waals surface area contributed by atoms with Crippen molar-refractivity contribution < 1.29 is 19.6 Å². The average molecular weight is 254 g/mol. The first kappa shape index (κ1) is 13.4. The lowest BCUT2D eigenvalue weighted by atomic mass is 10.2. The fourth-order valence-electron chi connectivity index (χ4n) is 1.12. The van der Waals surface area contributed by atoms with Crippen LogP contribution in [-0.2, 0) is 4.79 Å². The molecular weight excluding hydrogens is 244 g/mol. The van der Waals surface area contributed by atoms with Crippen LogP contribution < -0.4 is 10.6 Å². The van der Waals surface area contributed by atoms with Gasteiger partial charge in [0.15, 0.2) is 0 Å². The first-order valence-electron chi connectivity index (χ1n) is 4.78. The Morgan fingerprint density at radius 2 is 2.22 bits per heavy atom. The summed E-state index contributed by atoms with van der Waals surface area (Å²) < 4.78 is 0. The van der Waals surface area contributed by atoms with Crippen molar-refractivity contribution in [2.24, 2.45) is 0 Å². The van der Waals surface area contributed by atoms with E-state index in [0.717, 1.165) is 12.3 Å². The van der Waals surface area contributed by atoms with E-state index in [9.17, 15) is 19.7 Å². The molecule has 0 radical (unpaired) electrons. The smallest absolute Gasteiger partial charge is 0.342 e. The number of aromatic nitrogens is 1. The van der Waals surface area contributed by atoms with Crippen LogP contribution in [0.1, 0.15) is 10.4 Å². The van der Waals surface area contributed by atoms with Crippen LogP contribution in [0.5, 0.6) is 0 Å². The van der Waals surface area contributed by atoms with Gasteiger partial charge in [0.25, 0.3) is 0 Å². The second-order valence-electron chi connectivity index (χ2n) is 3.18. The molecule has 1 aromatic rings. The number of carboxylic acid groups (broad SMARTS) is 1. The van der Waals surface area contributed by atoms with Crippen LogP contribution in [0.2, 0.25) is 0 Å². The molecule has 0 saturated carbocycles. The maximum absolute atomic E-state index is 11.0. The molecule has 9 heteroatoms. The number of hydrogen-bond acceptors (Lipinski definition) is 6. The van der Waals surface area contributed by atoms with E-state index >= 15 is 0 Å². The molecule has 0 aliphatic rings. The molecule has 9 nitrogen and oxygen atoms in total. The summed E-state index contributed by atoms with van der Waals surface area (Å²) in [6, 6.07) is 1.00. The SMILES string of the molecule is CNC(=O)CNc1cc(C(=O)O)c([N+](=O)[O-])cn1. The number of hydrogen-bond donors (Lipinski definition) is 3. The number of nitrogens with zero attached hydrogens (tertiary/aromatic N) is 2. The van der Waals surface area contributed by atoms with Crippen molar-refractivity contribution in [3.63, 3.8) is 0 Å². The number of amides is 1. The summed E-state index contributed by atoms with van der Waals surface area (Å²) in [7, 11) is 1.44. The molecule has 0 bridgehead atoms. The van der Waals surface area contributed by atoms with E-state index in [2.05, 4.69) is 15.6 Å². The molecule has 1 amide bonds. The summed E-state index contributed by atoms with van der Waals surface area (Å²) in [4.78, 5) is 35.2. The first-order valence-corrected chi connectivity index (χ1v) is 4.78. The lowest BCUT2D eigenvalue weighted by Crippen LogP contribution is -2.26. The van der Waals surface area contributed by atoms with Gasteiger partial charge in [-0.1, -0.05) is 0 Å². The number of carbonyl (C=O) groups is 2. The fourth-order valence-corrected chi connectivity index (χ4v) is 1.12. The largest absolute Gasteiger partial charge is 0.477 e. The first-order chi connectivity index (χ1) is 8.45. The summed E-state index contributed by atoms with van der Waals surface area (Å²) in [5.74, 6) is -1.69. The van der Waals surface area contributed by atoms with Crippen molar-refractivity contribution in [3.8, 4) is 0 Å². The van der Waals surface area contributed by atoms with Crippen molar-refractivity contribution >= 4 is 23.4 Å². The Balaban J connectivity index is 2.97. The number of carboxylic acids is 1. The Morgan fingerprint density at radius 1 is 1.56 bits per heavy atom. The second-order valence-corrected chi connectivity index (χ2v) is 3.18. The molecule has 0 unspecified atom stereocenters. The minimum atomic E-state index is -1.44. The molecule has 0 atom stereocenters. The molecule has 96 valence electrons. The van der Waals surface area contributed by atoms with Crippen LogP contribution in [0.15, 0.2) is 12.3 Å². The molecule has 0 aliphatic heterocycles. The number of rotatable bonds is 5. The predicted octanol–water partition coefficient (Wildman–Crippen LogP) is -0.154. The highest BCUT2D eigenvalue weighted by atomic mass is 16.6. The topological polar surface area (TPSA) is 134 Å². The van der Waals surface area contributed by atoms with E-state index in [4.69, 9.17) is 5.11 Å². The highest BCUT2D eigenvalue weighted by Gasteiger charge is 2.21. The Bertz CT molecular complexity index is 502. The number of likely N-dealkylation sites (N-methyl/N-ethyl adjacent to an activating group) is 1. The Morgan fingerprint density at radius 3 is 2.72 bits per heavy atom. The molecule has 1 aromatic heterocycles. The van der Waals surface area contributed by atoms with Gasteiger partial charge in [-0.2, -0.15) is 0 Å². The third kappa shape index (κ3) is 3.14.